The summed E-state index contributed by atoms with van der Waals surface area (Å²) in [5, 5.41) is 2.86. The van der Waals surface area contributed by atoms with Crippen LogP contribution in [0.25, 0.3) is 0 Å². The van der Waals surface area contributed by atoms with Crippen LogP contribution >= 0.6 is 43.5 Å². The molecule has 0 aliphatic carbocycles. The summed E-state index contributed by atoms with van der Waals surface area (Å²) in [5.41, 5.74) is 1.30. The van der Waals surface area contributed by atoms with Crippen molar-refractivity contribution in [1.82, 2.24) is 0 Å². The van der Waals surface area contributed by atoms with Crippen molar-refractivity contribution in [2.45, 2.75) is 6.42 Å². The Bertz CT molecular complexity index is 259. The van der Waals surface area contributed by atoms with Gasteiger partial charge in [-0.25, -0.2) is 0 Å². The predicted octanol–water partition coefficient (Wildman–Crippen LogP) is 4.29. The number of halogens is 3. The van der Waals surface area contributed by atoms with E-state index in [1.165, 1.54) is 5.56 Å². The molecular weight excluding hydrogens is 315 g/mol. The normalized spacial score (nSPS) is 10.8. The Morgan fingerprint density at radius 2 is 1.92 bits per heavy atom. The van der Waals surface area contributed by atoms with E-state index in [0.29, 0.717) is 5.92 Å². The van der Waals surface area contributed by atoms with Crippen LogP contribution in [0.4, 0.5) is 0 Å². The molecule has 0 radical (unpaired) electrons. The molecule has 0 aliphatic rings. The molecule has 0 saturated carbocycles. The van der Waals surface area contributed by atoms with E-state index in [1.54, 1.807) is 0 Å². The number of alkyl halides is 2. The third-order valence-electron chi connectivity index (χ3n) is 1.85. The first-order valence-electron chi connectivity index (χ1n) is 4.12. The fourth-order valence-electron chi connectivity index (χ4n) is 1.15. The van der Waals surface area contributed by atoms with Gasteiger partial charge in [0.15, 0.2) is 0 Å². The van der Waals surface area contributed by atoms with Crippen molar-refractivity contribution in [2.24, 2.45) is 5.92 Å². The van der Waals surface area contributed by atoms with Gasteiger partial charge in [0.1, 0.15) is 0 Å². The third-order valence-corrected chi connectivity index (χ3v) is 3.92. The average molecular weight is 326 g/mol. The number of hydrogen-bond acceptors (Lipinski definition) is 0. The molecule has 0 heterocycles. The van der Waals surface area contributed by atoms with Gasteiger partial charge >= 0.3 is 0 Å². The molecule has 0 aromatic heterocycles. The van der Waals surface area contributed by atoms with E-state index in [2.05, 4.69) is 37.9 Å². The Hall–Kier alpha value is 0.470. The Morgan fingerprint density at radius 1 is 1.23 bits per heavy atom. The molecule has 0 N–H and O–H groups in total. The van der Waals surface area contributed by atoms with Gasteiger partial charge in [0.05, 0.1) is 0 Å². The van der Waals surface area contributed by atoms with Crippen LogP contribution < -0.4 is 0 Å². The fourth-order valence-corrected chi connectivity index (χ4v) is 2.89. The minimum absolute atomic E-state index is 0.637. The summed E-state index contributed by atoms with van der Waals surface area (Å²) >= 11 is 12.9. The molecule has 0 aliphatic heterocycles. The van der Waals surface area contributed by atoms with Crippen LogP contribution in [0.15, 0.2) is 24.3 Å². The Balaban J connectivity index is 2.62. The summed E-state index contributed by atoms with van der Waals surface area (Å²) in [6.07, 6.45) is 1.07. The van der Waals surface area contributed by atoms with Gasteiger partial charge in [-0.2, -0.15) is 0 Å². The quantitative estimate of drug-likeness (QED) is 0.724. The number of hydrogen-bond donors (Lipinski definition) is 0. The van der Waals surface area contributed by atoms with Crippen LogP contribution in [0.2, 0.25) is 5.02 Å². The predicted molar refractivity (Wildman–Crippen MR) is 66.2 cm³/mol. The van der Waals surface area contributed by atoms with Gasteiger partial charge in [0.2, 0.25) is 0 Å². The summed E-state index contributed by atoms with van der Waals surface area (Å²) in [6, 6.07) is 8.05. The Labute approximate surface area is 101 Å². The second-order valence-corrected chi connectivity index (χ2v) is 4.74. The second-order valence-electron chi connectivity index (χ2n) is 3.01. The molecule has 0 atom stereocenters. The molecule has 0 bridgehead atoms. The molecule has 0 nitrogen and oxygen atoms in total. The monoisotopic (exact) mass is 324 g/mol. The molecule has 0 fully saturated rings. The molecule has 3 heteroatoms. The SMILES string of the molecule is Clc1cccc(CC(CBr)CBr)c1. The van der Waals surface area contributed by atoms with Crippen LogP contribution in [0, 0.1) is 5.92 Å². The highest BCUT2D eigenvalue weighted by Gasteiger charge is 2.06. The van der Waals surface area contributed by atoms with E-state index < -0.39 is 0 Å². The lowest BCUT2D eigenvalue weighted by molar-refractivity contribution is 0.679. The lowest BCUT2D eigenvalue weighted by atomic mass is 10.0. The molecule has 1 aromatic rings. The molecule has 0 spiro atoms. The molecule has 0 saturated heterocycles. The summed E-state index contributed by atoms with van der Waals surface area (Å²) in [4.78, 5) is 0. The first kappa shape index (κ1) is 11.5. The number of rotatable bonds is 4. The molecule has 13 heavy (non-hydrogen) atoms. The highest BCUT2D eigenvalue weighted by Crippen LogP contribution is 2.17. The van der Waals surface area contributed by atoms with Crippen molar-refractivity contribution >= 4 is 43.5 Å². The van der Waals surface area contributed by atoms with Gasteiger partial charge in [-0.3, -0.25) is 0 Å². The molecule has 72 valence electrons. The Kier molecular flexibility index (Phi) is 5.37. The van der Waals surface area contributed by atoms with Crippen LogP contribution in [0.1, 0.15) is 5.56 Å². The molecule has 1 rings (SSSR count). The van der Waals surface area contributed by atoms with Gasteiger partial charge in [0, 0.05) is 15.7 Å². The summed E-state index contributed by atoms with van der Waals surface area (Å²) in [7, 11) is 0. The van der Waals surface area contributed by atoms with Crippen LogP contribution in [-0.2, 0) is 6.42 Å². The van der Waals surface area contributed by atoms with E-state index >= 15 is 0 Å². The molecular formula is C10H11Br2Cl. The van der Waals surface area contributed by atoms with Crippen LogP contribution in [0.3, 0.4) is 0 Å². The van der Waals surface area contributed by atoms with Gasteiger partial charge < -0.3 is 0 Å². The second kappa shape index (κ2) is 6.05. The third kappa shape index (κ3) is 4.01. The summed E-state index contributed by atoms with van der Waals surface area (Å²) < 4.78 is 0. The van der Waals surface area contributed by atoms with E-state index in [-0.39, 0.29) is 0 Å². The van der Waals surface area contributed by atoms with Gasteiger partial charge in [-0.1, -0.05) is 55.6 Å². The maximum Gasteiger partial charge on any atom is 0.0408 e. The van der Waals surface area contributed by atoms with E-state index in [9.17, 15) is 0 Å². The van der Waals surface area contributed by atoms with Crippen molar-refractivity contribution < 1.29 is 0 Å². The average Bonchev–Trinajstić information content (AvgIpc) is 2.14. The van der Waals surface area contributed by atoms with Gasteiger partial charge in [-0.05, 0) is 30.0 Å². The smallest absolute Gasteiger partial charge is 0.0408 e. The van der Waals surface area contributed by atoms with E-state index in [0.717, 1.165) is 22.1 Å². The lowest BCUT2D eigenvalue weighted by Gasteiger charge is -2.10. The van der Waals surface area contributed by atoms with Crippen LogP contribution in [0.5, 0.6) is 0 Å². The van der Waals surface area contributed by atoms with E-state index in [4.69, 9.17) is 11.6 Å². The van der Waals surface area contributed by atoms with Crippen molar-refractivity contribution in [3.8, 4) is 0 Å². The zero-order valence-corrected chi connectivity index (χ0v) is 11.1. The highest BCUT2D eigenvalue weighted by atomic mass is 79.9. The van der Waals surface area contributed by atoms with Crippen molar-refractivity contribution in [1.29, 1.82) is 0 Å². The van der Waals surface area contributed by atoms with Crippen molar-refractivity contribution in [2.75, 3.05) is 10.7 Å². The topological polar surface area (TPSA) is 0 Å². The van der Waals surface area contributed by atoms with Crippen molar-refractivity contribution in [3.05, 3.63) is 34.9 Å². The van der Waals surface area contributed by atoms with Crippen LogP contribution in [-0.4, -0.2) is 10.7 Å². The Morgan fingerprint density at radius 3 is 2.46 bits per heavy atom. The largest absolute Gasteiger partial charge is 0.0925 e. The molecule has 1 aromatic carbocycles. The first-order chi connectivity index (χ1) is 6.26. The van der Waals surface area contributed by atoms with Crippen molar-refractivity contribution in [3.63, 3.8) is 0 Å². The zero-order chi connectivity index (χ0) is 9.68. The summed E-state index contributed by atoms with van der Waals surface area (Å²) in [5.74, 6) is 0.637. The lowest BCUT2D eigenvalue weighted by Crippen LogP contribution is -2.07. The standard InChI is InChI=1S/C10H11Br2Cl/c11-6-9(7-12)4-8-2-1-3-10(13)5-8/h1-3,5,9H,4,6-7H2. The maximum absolute atomic E-state index is 5.89. The minimum Gasteiger partial charge on any atom is -0.0925 e. The first-order valence-corrected chi connectivity index (χ1v) is 6.74. The molecule has 0 amide bonds. The number of benzene rings is 1. The highest BCUT2D eigenvalue weighted by molar-refractivity contribution is 9.09. The fraction of sp³-hybridized carbons (Fsp3) is 0.400. The minimum atomic E-state index is 0.637. The molecule has 0 unspecified atom stereocenters. The maximum atomic E-state index is 5.89. The van der Waals surface area contributed by atoms with Gasteiger partial charge in [-0.15, -0.1) is 0 Å². The summed E-state index contributed by atoms with van der Waals surface area (Å²) in [6.45, 7) is 0. The zero-order valence-electron chi connectivity index (χ0n) is 7.14. The van der Waals surface area contributed by atoms with Gasteiger partial charge in [0.25, 0.3) is 0 Å². The van der Waals surface area contributed by atoms with E-state index in [1.807, 2.05) is 18.2 Å².